The molecule has 0 aliphatic heterocycles. The van der Waals surface area contributed by atoms with Crippen molar-refractivity contribution in [2.75, 3.05) is 0 Å². The topological polar surface area (TPSA) is 13.1 Å². The van der Waals surface area contributed by atoms with Crippen molar-refractivity contribution in [3.05, 3.63) is 95.0 Å². The van der Waals surface area contributed by atoms with Crippen molar-refractivity contribution in [2.45, 2.75) is 37.5 Å². The molecule has 2 heteroatoms. The van der Waals surface area contributed by atoms with Gasteiger partial charge < -0.3 is 4.42 Å². The molecule has 4 fully saturated rings. The van der Waals surface area contributed by atoms with E-state index in [-0.39, 0.29) is 5.41 Å². The zero-order chi connectivity index (χ0) is 23.6. The third-order valence-corrected chi connectivity index (χ3v) is 10.6. The fourth-order valence-electron chi connectivity index (χ4n) is 9.32. The standard InChI is InChI=1S/C34H27ClO/c35-24-9-11-30-29(18-24)26-10-8-21(25-5-3-6-28-27-4-1-2-7-32(27)36-33(25)28)17-31(26)34(30)22-13-19-12-20(15-22)16-23(34)14-19/h1-11,17-20,22-23H,12-16H2. The van der Waals surface area contributed by atoms with Crippen LogP contribution >= 0.6 is 11.6 Å². The van der Waals surface area contributed by atoms with Crippen LogP contribution in [0, 0.1) is 23.7 Å². The molecular weight excluding hydrogens is 460 g/mol. The lowest BCUT2D eigenvalue weighted by Gasteiger charge is -2.61. The average Bonchev–Trinajstić information content (AvgIpc) is 3.40. The first-order valence-electron chi connectivity index (χ1n) is 13.6. The molecule has 5 aliphatic carbocycles. The van der Waals surface area contributed by atoms with E-state index in [1.807, 2.05) is 0 Å². The number of rotatable bonds is 1. The van der Waals surface area contributed by atoms with Gasteiger partial charge in [0.05, 0.1) is 0 Å². The summed E-state index contributed by atoms with van der Waals surface area (Å²) in [6.45, 7) is 0. The van der Waals surface area contributed by atoms with Crippen LogP contribution in [-0.4, -0.2) is 0 Å². The highest BCUT2D eigenvalue weighted by Crippen LogP contribution is 2.69. The smallest absolute Gasteiger partial charge is 0.143 e. The van der Waals surface area contributed by atoms with Crippen LogP contribution in [0.1, 0.15) is 43.2 Å². The number of benzene rings is 4. The highest BCUT2D eigenvalue weighted by atomic mass is 35.5. The van der Waals surface area contributed by atoms with Gasteiger partial charge in [-0.2, -0.15) is 0 Å². The predicted molar refractivity (Wildman–Crippen MR) is 147 cm³/mol. The molecule has 176 valence electrons. The minimum atomic E-state index is 0.139. The Morgan fingerprint density at radius 1 is 0.639 bits per heavy atom. The second-order valence-electron chi connectivity index (χ2n) is 11.9. The van der Waals surface area contributed by atoms with E-state index >= 15 is 0 Å². The van der Waals surface area contributed by atoms with Gasteiger partial charge in [0, 0.05) is 26.8 Å². The molecule has 0 amide bonds. The Bertz CT molecular complexity index is 1690. The monoisotopic (exact) mass is 486 g/mol. The van der Waals surface area contributed by atoms with E-state index in [1.54, 1.807) is 11.1 Å². The molecule has 5 aliphatic rings. The Kier molecular flexibility index (Phi) is 3.81. The van der Waals surface area contributed by atoms with Crippen LogP contribution in [0.2, 0.25) is 5.02 Å². The summed E-state index contributed by atoms with van der Waals surface area (Å²) in [5.41, 5.74) is 10.4. The number of hydrogen-bond acceptors (Lipinski definition) is 1. The van der Waals surface area contributed by atoms with E-state index in [9.17, 15) is 0 Å². The maximum atomic E-state index is 6.59. The summed E-state index contributed by atoms with van der Waals surface area (Å²) in [4.78, 5) is 0. The summed E-state index contributed by atoms with van der Waals surface area (Å²) in [6.07, 6.45) is 7.02. The first-order valence-corrected chi connectivity index (χ1v) is 13.9. The largest absolute Gasteiger partial charge is 0.455 e. The van der Waals surface area contributed by atoms with Crippen LogP contribution < -0.4 is 0 Å². The van der Waals surface area contributed by atoms with Crippen molar-refractivity contribution in [3.63, 3.8) is 0 Å². The van der Waals surface area contributed by atoms with Crippen molar-refractivity contribution in [1.82, 2.24) is 0 Å². The summed E-state index contributed by atoms with van der Waals surface area (Å²) < 4.78 is 6.45. The van der Waals surface area contributed by atoms with Gasteiger partial charge in [-0.15, -0.1) is 0 Å². The Labute approximate surface area is 216 Å². The van der Waals surface area contributed by atoms with Gasteiger partial charge >= 0.3 is 0 Å². The quantitative estimate of drug-likeness (QED) is 0.230. The molecule has 10 rings (SSSR count). The predicted octanol–water partition coefficient (Wildman–Crippen LogP) is 9.63. The van der Waals surface area contributed by atoms with Crippen LogP contribution in [0.3, 0.4) is 0 Å². The normalized spacial score (nSPS) is 29.4. The van der Waals surface area contributed by atoms with Gasteiger partial charge in [-0.3, -0.25) is 0 Å². The van der Waals surface area contributed by atoms with Gasteiger partial charge in [0.25, 0.3) is 0 Å². The van der Waals surface area contributed by atoms with E-state index in [2.05, 4.69) is 78.9 Å². The second kappa shape index (κ2) is 6.84. The van der Waals surface area contributed by atoms with Crippen molar-refractivity contribution in [2.24, 2.45) is 23.7 Å². The first-order chi connectivity index (χ1) is 17.7. The third-order valence-electron chi connectivity index (χ3n) is 10.3. The maximum Gasteiger partial charge on any atom is 0.143 e. The molecular formula is C34H27ClO. The lowest BCUT2D eigenvalue weighted by Crippen LogP contribution is -2.55. The zero-order valence-electron chi connectivity index (χ0n) is 20.1. The number of furan rings is 1. The first kappa shape index (κ1) is 20.1. The molecule has 1 spiro atoms. The molecule has 1 heterocycles. The van der Waals surface area contributed by atoms with Crippen molar-refractivity contribution < 1.29 is 4.42 Å². The fourth-order valence-corrected chi connectivity index (χ4v) is 9.49. The van der Waals surface area contributed by atoms with E-state index in [4.69, 9.17) is 16.0 Å². The molecule has 0 saturated heterocycles. The number of halogens is 1. The minimum absolute atomic E-state index is 0.139. The van der Waals surface area contributed by atoms with Gasteiger partial charge in [-0.25, -0.2) is 0 Å². The molecule has 4 aromatic carbocycles. The summed E-state index contributed by atoms with van der Waals surface area (Å²) in [7, 11) is 0. The van der Waals surface area contributed by atoms with Gasteiger partial charge in [0.1, 0.15) is 11.2 Å². The lowest BCUT2D eigenvalue weighted by atomic mass is 9.43. The molecule has 1 nitrogen and oxygen atoms in total. The van der Waals surface area contributed by atoms with Crippen LogP contribution in [0.4, 0.5) is 0 Å². The van der Waals surface area contributed by atoms with E-state index < -0.39 is 0 Å². The van der Waals surface area contributed by atoms with Crippen molar-refractivity contribution >= 4 is 33.5 Å². The number of hydrogen-bond donors (Lipinski definition) is 0. The van der Waals surface area contributed by atoms with Gasteiger partial charge in [0.15, 0.2) is 0 Å². The summed E-state index contributed by atoms with van der Waals surface area (Å²) >= 11 is 6.59. The van der Waals surface area contributed by atoms with Crippen LogP contribution in [0.5, 0.6) is 0 Å². The Morgan fingerprint density at radius 2 is 1.42 bits per heavy atom. The molecule has 1 aromatic heterocycles. The van der Waals surface area contributed by atoms with Crippen LogP contribution in [0.15, 0.2) is 83.3 Å². The second-order valence-corrected chi connectivity index (χ2v) is 12.3. The summed E-state index contributed by atoms with van der Waals surface area (Å²) in [5, 5.41) is 3.23. The van der Waals surface area contributed by atoms with Gasteiger partial charge in [0.2, 0.25) is 0 Å². The molecule has 4 bridgehead atoms. The Balaban J connectivity index is 1.31. The van der Waals surface area contributed by atoms with Crippen LogP contribution in [0.25, 0.3) is 44.2 Å². The Morgan fingerprint density at radius 3 is 2.25 bits per heavy atom. The summed E-state index contributed by atoms with van der Waals surface area (Å²) in [5.74, 6) is 3.36. The molecule has 5 aromatic rings. The van der Waals surface area contributed by atoms with E-state index in [1.165, 1.54) is 65.1 Å². The molecule has 0 N–H and O–H groups in total. The van der Waals surface area contributed by atoms with Crippen LogP contribution in [-0.2, 0) is 5.41 Å². The number of fused-ring (bicyclic) bond motifs is 6. The molecule has 0 atom stereocenters. The molecule has 0 radical (unpaired) electrons. The maximum absolute atomic E-state index is 6.59. The minimum Gasteiger partial charge on any atom is -0.455 e. The van der Waals surface area contributed by atoms with E-state index in [0.29, 0.717) is 0 Å². The zero-order valence-corrected chi connectivity index (χ0v) is 20.9. The number of para-hydroxylation sites is 2. The highest BCUT2D eigenvalue weighted by Gasteiger charge is 2.61. The van der Waals surface area contributed by atoms with Crippen molar-refractivity contribution in [3.8, 4) is 22.3 Å². The lowest BCUT2D eigenvalue weighted by molar-refractivity contribution is -0.0399. The SMILES string of the molecule is Clc1ccc2c(c1)-c1ccc(-c3cccc4c3oc3ccccc34)cc1C21C2CC3CC(C2)CC1C3. The fraction of sp³-hybridized carbons (Fsp3) is 0.294. The molecule has 4 saturated carbocycles. The highest BCUT2D eigenvalue weighted by molar-refractivity contribution is 6.31. The summed E-state index contributed by atoms with van der Waals surface area (Å²) in [6, 6.07) is 28.9. The molecule has 0 unspecified atom stereocenters. The van der Waals surface area contributed by atoms with Gasteiger partial charge in [-0.05, 0) is 108 Å². The van der Waals surface area contributed by atoms with Crippen molar-refractivity contribution in [1.29, 1.82) is 0 Å². The molecule has 36 heavy (non-hydrogen) atoms. The third kappa shape index (κ3) is 2.39. The van der Waals surface area contributed by atoms with E-state index in [0.717, 1.165) is 39.9 Å². The Hall–Kier alpha value is -3.03. The average molecular weight is 487 g/mol. The van der Waals surface area contributed by atoms with Gasteiger partial charge in [-0.1, -0.05) is 66.2 Å².